The molecule has 0 fully saturated rings. The molecule has 0 saturated carbocycles. The van der Waals surface area contributed by atoms with Crippen molar-refractivity contribution in [2.24, 2.45) is 0 Å². The third-order valence-corrected chi connectivity index (χ3v) is 3.60. The minimum absolute atomic E-state index is 0.0952. The third-order valence-electron chi connectivity index (χ3n) is 3.60. The van der Waals surface area contributed by atoms with Gasteiger partial charge in [-0.05, 0) is 55.5 Å². The molecule has 0 aliphatic carbocycles. The quantitative estimate of drug-likeness (QED) is 0.619. The molecule has 3 aromatic rings. The van der Waals surface area contributed by atoms with Gasteiger partial charge >= 0.3 is 0 Å². The van der Waals surface area contributed by atoms with Gasteiger partial charge in [-0.3, -0.25) is 4.79 Å². The normalized spacial score (nSPS) is 10.1. The lowest BCUT2D eigenvalue weighted by molar-refractivity contribution is -0.118. The summed E-state index contributed by atoms with van der Waals surface area (Å²) < 4.78 is 16.7. The summed E-state index contributed by atoms with van der Waals surface area (Å²) >= 11 is 0. The van der Waals surface area contributed by atoms with E-state index >= 15 is 0 Å². The average molecular weight is 363 g/mol. The number of benzene rings is 3. The van der Waals surface area contributed by atoms with Gasteiger partial charge < -0.3 is 19.5 Å². The Balaban J connectivity index is 1.52. The summed E-state index contributed by atoms with van der Waals surface area (Å²) in [6, 6.07) is 23.9. The van der Waals surface area contributed by atoms with Gasteiger partial charge in [-0.15, -0.1) is 0 Å². The minimum atomic E-state index is -0.242. The minimum Gasteiger partial charge on any atom is -0.494 e. The molecule has 1 N–H and O–H groups in total. The van der Waals surface area contributed by atoms with Crippen molar-refractivity contribution in [3.63, 3.8) is 0 Å². The summed E-state index contributed by atoms with van der Waals surface area (Å²) in [5.41, 5.74) is 0.688. The van der Waals surface area contributed by atoms with Crippen LogP contribution in [0, 0.1) is 0 Å². The van der Waals surface area contributed by atoms with Crippen molar-refractivity contribution in [2.75, 3.05) is 18.5 Å². The lowest BCUT2D eigenvalue weighted by Gasteiger charge is -2.10. The lowest BCUT2D eigenvalue weighted by atomic mass is 10.3. The van der Waals surface area contributed by atoms with Crippen LogP contribution in [0.3, 0.4) is 0 Å². The number of ether oxygens (including phenoxy) is 3. The zero-order valence-corrected chi connectivity index (χ0v) is 15.1. The molecule has 27 heavy (non-hydrogen) atoms. The molecule has 3 rings (SSSR count). The number of rotatable bonds is 8. The van der Waals surface area contributed by atoms with E-state index in [0.29, 0.717) is 23.8 Å². The Kier molecular flexibility index (Phi) is 6.30. The van der Waals surface area contributed by atoms with Crippen molar-refractivity contribution >= 4 is 11.6 Å². The van der Waals surface area contributed by atoms with Crippen LogP contribution in [0.5, 0.6) is 23.0 Å². The Labute approximate surface area is 158 Å². The van der Waals surface area contributed by atoms with Gasteiger partial charge in [0.05, 0.1) is 6.61 Å². The summed E-state index contributed by atoms with van der Waals surface area (Å²) in [7, 11) is 0. The number of anilines is 1. The lowest BCUT2D eigenvalue weighted by Crippen LogP contribution is -2.20. The molecule has 3 aromatic carbocycles. The second-order valence-electron chi connectivity index (χ2n) is 5.68. The zero-order valence-electron chi connectivity index (χ0n) is 15.1. The fraction of sp³-hybridized carbons (Fsp3) is 0.136. The van der Waals surface area contributed by atoms with E-state index in [1.54, 1.807) is 24.3 Å². The van der Waals surface area contributed by atoms with Crippen molar-refractivity contribution in [1.82, 2.24) is 0 Å². The molecule has 0 atom stereocenters. The van der Waals surface area contributed by atoms with Crippen LogP contribution in [0.1, 0.15) is 6.92 Å². The Bertz CT molecular complexity index is 863. The second-order valence-corrected chi connectivity index (χ2v) is 5.68. The van der Waals surface area contributed by atoms with Gasteiger partial charge in [0, 0.05) is 11.8 Å². The molecule has 0 aliphatic heterocycles. The molecule has 0 heterocycles. The van der Waals surface area contributed by atoms with Crippen molar-refractivity contribution in [2.45, 2.75) is 6.92 Å². The summed E-state index contributed by atoms with van der Waals surface area (Å²) in [5, 5.41) is 2.79. The Morgan fingerprint density at radius 2 is 1.48 bits per heavy atom. The van der Waals surface area contributed by atoms with Gasteiger partial charge in [0.15, 0.2) is 6.61 Å². The topological polar surface area (TPSA) is 56.8 Å². The second kappa shape index (κ2) is 9.29. The van der Waals surface area contributed by atoms with Crippen LogP contribution >= 0.6 is 0 Å². The molecule has 0 spiro atoms. The highest BCUT2D eigenvalue weighted by molar-refractivity contribution is 5.91. The van der Waals surface area contributed by atoms with Gasteiger partial charge in [0.1, 0.15) is 23.0 Å². The first-order chi connectivity index (χ1) is 13.2. The summed E-state index contributed by atoms with van der Waals surface area (Å²) in [6.45, 7) is 2.43. The Morgan fingerprint density at radius 3 is 2.22 bits per heavy atom. The van der Waals surface area contributed by atoms with Gasteiger partial charge in [0.25, 0.3) is 5.91 Å². The molecular weight excluding hydrogens is 342 g/mol. The van der Waals surface area contributed by atoms with Crippen LogP contribution < -0.4 is 19.5 Å². The van der Waals surface area contributed by atoms with E-state index in [-0.39, 0.29) is 12.5 Å². The maximum atomic E-state index is 12.1. The Hall–Kier alpha value is -3.47. The van der Waals surface area contributed by atoms with Crippen LogP contribution in [0.25, 0.3) is 0 Å². The van der Waals surface area contributed by atoms with Gasteiger partial charge in [-0.1, -0.05) is 24.3 Å². The summed E-state index contributed by atoms with van der Waals surface area (Å²) in [5.74, 6) is 2.47. The number of amides is 1. The SMILES string of the molecule is CCOc1ccc(NC(=O)COc2cccc(Oc3ccccc3)c2)cc1. The van der Waals surface area contributed by atoms with Crippen LogP contribution in [0.2, 0.25) is 0 Å². The average Bonchev–Trinajstić information content (AvgIpc) is 2.69. The predicted octanol–water partition coefficient (Wildman–Crippen LogP) is 4.90. The first-order valence-electron chi connectivity index (χ1n) is 8.71. The van der Waals surface area contributed by atoms with Crippen molar-refractivity contribution in [3.8, 4) is 23.0 Å². The molecule has 0 radical (unpaired) electrons. The molecule has 0 aromatic heterocycles. The molecule has 0 saturated heterocycles. The summed E-state index contributed by atoms with van der Waals surface area (Å²) in [4.78, 5) is 12.1. The van der Waals surface area contributed by atoms with E-state index in [1.807, 2.05) is 61.5 Å². The highest BCUT2D eigenvalue weighted by Gasteiger charge is 2.05. The number of carbonyl (C=O) groups excluding carboxylic acids is 1. The van der Waals surface area contributed by atoms with E-state index in [2.05, 4.69) is 5.32 Å². The van der Waals surface area contributed by atoms with Crippen LogP contribution in [-0.4, -0.2) is 19.1 Å². The van der Waals surface area contributed by atoms with Crippen LogP contribution in [0.15, 0.2) is 78.9 Å². The van der Waals surface area contributed by atoms with Gasteiger partial charge in [-0.2, -0.15) is 0 Å². The molecule has 5 heteroatoms. The number of carbonyl (C=O) groups is 1. The zero-order chi connectivity index (χ0) is 18.9. The number of nitrogens with one attached hydrogen (secondary N) is 1. The van der Waals surface area contributed by atoms with Gasteiger partial charge in [0.2, 0.25) is 0 Å². The monoisotopic (exact) mass is 363 g/mol. The fourth-order valence-corrected chi connectivity index (χ4v) is 2.40. The summed E-state index contributed by atoms with van der Waals surface area (Å²) in [6.07, 6.45) is 0. The molecular formula is C22H21NO4. The number of hydrogen-bond acceptors (Lipinski definition) is 4. The first-order valence-corrected chi connectivity index (χ1v) is 8.71. The molecule has 0 unspecified atom stereocenters. The standard InChI is InChI=1S/C22H21NO4/c1-2-25-18-13-11-17(12-14-18)23-22(24)16-26-20-9-6-10-21(15-20)27-19-7-4-3-5-8-19/h3-15H,2,16H2,1H3,(H,23,24). The predicted molar refractivity (Wildman–Crippen MR) is 105 cm³/mol. The fourth-order valence-electron chi connectivity index (χ4n) is 2.40. The van der Waals surface area contributed by atoms with Crippen LogP contribution in [-0.2, 0) is 4.79 Å². The van der Waals surface area contributed by atoms with Crippen molar-refractivity contribution < 1.29 is 19.0 Å². The first kappa shape index (κ1) is 18.3. The van der Waals surface area contributed by atoms with E-state index in [9.17, 15) is 4.79 Å². The maximum absolute atomic E-state index is 12.1. The highest BCUT2D eigenvalue weighted by Crippen LogP contribution is 2.25. The number of hydrogen-bond donors (Lipinski definition) is 1. The molecule has 0 aliphatic rings. The van der Waals surface area contributed by atoms with E-state index < -0.39 is 0 Å². The van der Waals surface area contributed by atoms with Crippen LogP contribution in [0.4, 0.5) is 5.69 Å². The van der Waals surface area contributed by atoms with E-state index in [4.69, 9.17) is 14.2 Å². The highest BCUT2D eigenvalue weighted by atomic mass is 16.5. The third kappa shape index (κ3) is 5.78. The van der Waals surface area contributed by atoms with E-state index in [1.165, 1.54) is 0 Å². The molecule has 1 amide bonds. The Morgan fingerprint density at radius 1 is 0.778 bits per heavy atom. The van der Waals surface area contributed by atoms with Crippen molar-refractivity contribution in [3.05, 3.63) is 78.9 Å². The van der Waals surface area contributed by atoms with Crippen molar-refractivity contribution in [1.29, 1.82) is 0 Å². The largest absolute Gasteiger partial charge is 0.494 e. The molecule has 0 bridgehead atoms. The smallest absolute Gasteiger partial charge is 0.262 e. The van der Waals surface area contributed by atoms with E-state index in [0.717, 1.165) is 11.5 Å². The van der Waals surface area contributed by atoms with Gasteiger partial charge in [-0.25, -0.2) is 0 Å². The molecule has 5 nitrogen and oxygen atoms in total. The molecule has 138 valence electrons. The maximum Gasteiger partial charge on any atom is 0.262 e. The number of para-hydroxylation sites is 1.